The zero-order chi connectivity index (χ0) is 8.97. The zero-order valence-corrected chi connectivity index (χ0v) is 7.76. The molecule has 0 unspecified atom stereocenters. The van der Waals surface area contributed by atoms with Crippen molar-refractivity contribution in [2.75, 3.05) is 0 Å². The van der Waals surface area contributed by atoms with Gasteiger partial charge in [0.1, 0.15) is 0 Å². The molecule has 3 nitrogen and oxygen atoms in total. The summed E-state index contributed by atoms with van der Waals surface area (Å²) in [6.07, 6.45) is 6.25. The van der Waals surface area contributed by atoms with Gasteiger partial charge in [0.05, 0.1) is 0 Å². The van der Waals surface area contributed by atoms with E-state index in [9.17, 15) is 4.79 Å². The lowest BCUT2D eigenvalue weighted by Crippen LogP contribution is -2.21. The maximum Gasteiger partial charge on any atom is 0.261 e. The summed E-state index contributed by atoms with van der Waals surface area (Å²) in [4.78, 5) is 11.0. The molecule has 12 heavy (non-hydrogen) atoms. The van der Waals surface area contributed by atoms with E-state index in [0.29, 0.717) is 12.3 Å². The van der Waals surface area contributed by atoms with Gasteiger partial charge < -0.3 is 0 Å². The van der Waals surface area contributed by atoms with E-state index in [1.165, 1.54) is 19.3 Å². The lowest BCUT2D eigenvalue weighted by Gasteiger charge is -2.20. The Morgan fingerprint density at radius 1 is 1.42 bits per heavy atom. The molecule has 1 rings (SSSR count). The molecule has 1 aliphatic rings. The van der Waals surface area contributed by atoms with Gasteiger partial charge in [-0.25, -0.2) is 0 Å². The van der Waals surface area contributed by atoms with Crippen LogP contribution >= 0.6 is 11.8 Å². The van der Waals surface area contributed by atoms with Crippen LogP contribution < -0.4 is 0 Å². The Kier molecular flexibility index (Phi) is 3.82. The van der Waals surface area contributed by atoms with E-state index in [4.69, 9.17) is 17.0 Å². The lowest BCUT2D eigenvalue weighted by molar-refractivity contribution is -0.147. The number of carbonyl (C=O) groups is 1. The summed E-state index contributed by atoms with van der Waals surface area (Å²) < 4.78 is 0.175. The van der Waals surface area contributed by atoms with E-state index in [-0.39, 0.29) is 10.5 Å². The van der Waals surface area contributed by atoms with E-state index in [1.807, 2.05) is 0 Å². The third-order valence-corrected chi connectivity index (χ3v) is 2.58. The standard InChI is InChI=1S/C8H14ClNO2/c9-10(12)8(11)6-7-4-2-1-3-5-7/h7,12H,1-6H2. The van der Waals surface area contributed by atoms with E-state index < -0.39 is 0 Å². The Bertz CT molecular complexity index is 155. The van der Waals surface area contributed by atoms with Crippen LogP contribution in [0.4, 0.5) is 0 Å². The summed E-state index contributed by atoms with van der Waals surface area (Å²) in [5.74, 6) is 0.0446. The molecule has 0 aliphatic heterocycles. The van der Waals surface area contributed by atoms with Crippen molar-refractivity contribution in [2.24, 2.45) is 5.92 Å². The molecule has 0 aromatic rings. The summed E-state index contributed by atoms with van der Waals surface area (Å²) in [5.41, 5.74) is 0. The monoisotopic (exact) mass is 191 g/mol. The molecule has 0 radical (unpaired) electrons. The minimum atomic E-state index is -0.386. The smallest absolute Gasteiger partial charge is 0.261 e. The topological polar surface area (TPSA) is 40.5 Å². The van der Waals surface area contributed by atoms with Gasteiger partial charge in [0.2, 0.25) is 0 Å². The lowest BCUT2D eigenvalue weighted by atomic mass is 9.87. The second kappa shape index (κ2) is 4.67. The first kappa shape index (κ1) is 9.81. The predicted octanol–water partition coefficient (Wildman–Crippen LogP) is 2.33. The molecule has 0 heterocycles. The molecule has 1 aliphatic carbocycles. The first-order valence-corrected chi connectivity index (χ1v) is 4.71. The first-order valence-electron chi connectivity index (χ1n) is 4.38. The molecule has 70 valence electrons. The van der Waals surface area contributed by atoms with Crippen LogP contribution in [-0.2, 0) is 4.79 Å². The van der Waals surface area contributed by atoms with Gasteiger partial charge in [0.25, 0.3) is 5.91 Å². The van der Waals surface area contributed by atoms with Crippen LogP contribution in [0.5, 0.6) is 0 Å². The van der Waals surface area contributed by atoms with Crippen molar-refractivity contribution in [1.29, 1.82) is 0 Å². The molecule has 1 saturated carbocycles. The fourth-order valence-corrected chi connectivity index (χ4v) is 1.78. The van der Waals surface area contributed by atoms with E-state index >= 15 is 0 Å². The molecule has 0 aromatic heterocycles. The first-order chi connectivity index (χ1) is 5.70. The zero-order valence-electron chi connectivity index (χ0n) is 7.00. The van der Waals surface area contributed by atoms with Crippen molar-refractivity contribution in [3.8, 4) is 0 Å². The summed E-state index contributed by atoms with van der Waals surface area (Å²) in [6.45, 7) is 0. The van der Waals surface area contributed by atoms with Crippen molar-refractivity contribution in [3.05, 3.63) is 0 Å². The normalized spacial score (nSPS) is 19.2. The van der Waals surface area contributed by atoms with Gasteiger partial charge in [-0.2, -0.15) is 0 Å². The van der Waals surface area contributed by atoms with Crippen molar-refractivity contribution in [2.45, 2.75) is 38.5 Å². The number of hydrogen-bond donors (Lipinski definition) is 1. The molecule has 1 fully saturated rings. The average Bonchev–Trinajstić information content (AvgIpc) is 2.06. The van der Waals surface area contributed by atoms with Gasteiger partial charge in [0.15, 0.2) is 0 Å². The van der Waals surface area contributed by atoms with Crippen LogP contribution in [0.2, 0.25) is 0 Å². The van der Waals surface area contributed by atoms with Gasteiger partial charge in [-0.1, -0.05) is 19.3 Å². The second-order valence-corrected chi connectivity index (χ2v) is 3.68. The largest absolute Gasteiger partial charge is 0.271 e. The number of hydrogen-bond acceptors (Lipinski definition) is 2. The molecular weight excluding hydrogens is 178 g/mol. The fourth-order valence-electron chi connectivity index (χ4n) is 1.71. The van der Waals surface area contributed by atoms with E-state index in [1.54, 1.807) is 0 Å². The molecule has 1 N–H and O–H groups in total. The van der Waals surface area contributed by atoms with Crippen molar-refractivity contribution < 1.29 is 10.0 Å². The Labute approximate surface area is 77.4 Å². The second-order valence-electron chi connectivity index (χ2n) is 3.36. The highest BCUT2D eigenvalue weighted by atomic mass is 35.5. The molecule has 0 aromatic carbocycles. The third kappa shape index (κ3) is 2.99. The molecule has 0 bridgehead atoms. The van der Waals surface area contributed by atoms with E-state index in [0.717, 1.165) is 12.8 Å². The quantitative estimate of drug-likeness (QED) is 0.414. The molecule has 1 amide bonds. The van der Waals surface area contributed by atoms with Gasteiger partial charge in [0, 0.05) is 18.2 Å². The summed E-state index contributed by atoms with van der Waals surface area (Å²) in [7, 11) is 0. The van der Waals surface area contributed by atoms with Crippen LogP contribution in [0.1, 0.15) is 38.5 Å². The van der Waals surface area contributed by atoms with Crippen LogP contribution in [0, 0.1) is 5.92 Å². The Morgan fingerprint density at radius 2 is 2.00 bits per heavy atom. The number of rotatable bonds is 2. The van der Waals surface area contributed by atoms with E-state index in [2.05, 4.69) is 0 Å². The van der Waals surface area contributed by atoms with Crippen LogP contribution in [0.3, 0.4) is 0 Å². The number of hydroxylamine groups is 1. The van der Waals surface area contributed by atoms with Gasteiger partial charge >= 0.3 is 0 Å². The molecule has 0 saturated heterocycles. The van der Waals surface area contributed by atoms with Crippen LogP contribution in [0.15, 0.2) is 0 Å². The fraction of sp³-hybridized carbons (Fsp3) is 0.875. The molecule has 0 atom stereocenters. The number of amides is 1. The highest BCUT2D eigenvalue weighted by Crippen LogP contribution is 2.26. The van der Waals surface area contributed by atoms with Crippen molar-refractivity contribution in [3.63, 3.8) is 0 Å². The SMILES string of the molecule is O=C(CC1CCCCC1)N(O)Cl. The maximum atomic E-state index is 11.0. The van der Waals surface area contributed by atoms with Crippen LogP contribution in [-0.4, -0.2) is 15.7 Å². The molecular formula is C8H14ClNO2. The summed E-state index contributed by atoms with van der Waals surface area (Å²) >= 11 is 5.09. The number of nitrogens with zero attached hydrogens (tertiary/aromatic N) is 1. The van der Waals surface area contributed by atoms with Gasteiger partial charge in [-0.05, 0) is 18.8 Å². The molecule has 4 heteroatoms. The Hall–Kier alpha value is -0.280. The predicted molar refractivity (Wildman–Crippen MR) is 45.7 cm³/mol. The van der Waals surface area contributed by atoms with Crippen LogP contribution in [0.25, 0.3) is 0 Å². The minimum absolute atomic E-state index is 0.175. The van der Waals surface area contributed by atoms with Gasteiger partial charge in [-0.3, -0.25) is 10.0 Å². The minimum Gasteiger partial charge on any atom is -0.271 e. The number of halogens is 1. The maximum absolute atomic E-state index is 11.0. The summed E-state index contributed by atoms with van der Waals surface area (Å²) in [5, 5.41) is 8.60. The Morgan fingerprint density at radius 3 is 2.50 bits per heavy atom. The highest BCUT2D eigenvalue weighted by Gasteiger charge is 2.19. The third-order valence-electron chi connectivity index (χ3n) is 2.39. The Balaban J connectivity index is 2.24. The summed E-state index contributed by atoms with van der Waals surface area (Å²) in [6, 6.07) is 0. The number of carbonyl (C=O) groups excluding carboxylic acids is 1. The van der Waals surface area contributed by atoms with Crippen molar-refractivity contribution >= 4 is 17.7 Å². The van der Waals surface area contributed by atoms with Gasteiger partial charge in [-0.15, -0.1) is 4.58 Å². The highest BCUT2D eigenvalue weighted by molar-refractivity contribution is 6.20. The van der Waals surface area contributed by atoms with Crippen molar-refractivity contribution in [1.82, 2.24) is 4.58 Å². The average molecular weight is 192 g/mol. The molecule has 0 spiro atoms.